The summed E-state index contributed by atoms with van der Waals surface area (Å²) in [5.41, 5.74) is 3.23. The first kappa shape index (κ1) is 28.3. The fourth-order valence-corrected chi connectivity index (χ4v) is 3.86. The summed E-state index contributed by atoms with van der Waals surface area (Å²) in [6, 6.07) is 11.2. The number of rotatable bonds is 7. The molecule has 0 saturated heterocycles. The van der Waals surface area contributed by atoms with Crippen LogP contribution in [0.3, 0.4) is 0 Å². The van der Waals surface area contributed by atoms with Crippen molar-refractivity contribution in [3.63, 3.8) is 0 Å². The highest BCUT2D eigenvalue weighted by molar-refractivity contribution is 6.32. The fraction of sp³-hybridized carbons (Fsp3) is 0.308. The summed E-state index contributed by atoms with van der Waals surface area (Å²) in [7, 11) is 0. The molecule has 3 aromatic rings. The maximum atomic E-state index is 10.1. The van der Waals surface area contributed by atoms with Gasteiger partial charge in [-0.3, -0.25) is 9.59 Å². The topological polar surface area (TPSA) is 173 Å². The molecule has 198 valence electrons. The van der Waals surface area contributed by atoms with Gasteiger partial charge in [-0.25, -0.2) is 15.0 Å². The number of carboxylic acid groups (broad SMARTS) is 2. The van der Waals surface area contributed by atoms with Crippen molar-refractivity contribution in [2.45, 2.75) is 45.3 Å². The molecule has 0 aliphatic carbocycles. The van der Waals surface area contributed by atoms with E-state index in [2.05, 4.69) is 31.2 Å². The summed E-state index contributed by atoms with van der Waals surface area (Å²) < 4.78 is 0. The number of aliphatic hydroxyl groups is 1. The van der Waals surface area contributed by atoms with Gasteiger partial charge in [0.2, 0.25) is 0 Å². The van der Waals surface area contributed by atoms with Crippen molar-refractivity contribution < 1.29 is 24.9 Å². The molecule has 0 radical (unpaired) electrons. The molecule has 12 heteroatoms. The molecule has 0 atom stereocenters. The number of pyridine rings is 1. The van der Waals surface area contributed by atoms with E-state index in [9.17, 15) is 14.7 Å². The molecule has 3 heterocycles. The van der Waals surface area contributed by atoms with E-state index in [0.717, 1.165) is 41.3 Å². The Morgan fingerprint density at radius 1 is 1.13 bits per heavy atom. The molecular weight excluding hydrogens is 512 g/mol. The van der Waals surface area contributed by atoms with Crippen molar-refractivity contribution in [2.75, 3.05) is 16.8 Å². The molecule has 0 spiro atoms. The molecule has 0 fully saturated rings. The van der Waals surface area contributed by atoms with E-state index in [1.165, 1.54) is 0 Å². The standard InChI is InChI=1S/C22H21ClN6O.C4H6O4/c1-22(2,30)15-4-6-20(25-11-15)28-21-17-7-8-29(12-19(17)26-13-27-21)16-5-3-14(10-24)18(23)9-16;5-3(6)1-2-4(7)8/h3-6,9,11,13,30H,7-8,12H2,1-2H3,(H,25,26,27,28);1-2H2,(H,5,6)(H,7,8). The number of halogens is 1. The Morgan fingerprint density at radius 2 is 1.84 bits per heavy atom. The third-order valence-corrected chi connectivity index (χ3v) is 6.03. The molecule has 11 nitrogen and oxygen atoms in total. The Hall–Kier alpha value is -4.27. The van der Waals surface area contributed by atoms with E-state index in [4.69, 9.17) is 27.1 Å². The molecule has 4 rings (SSSR count). The first-order valence-corrected chi connectivity index (χ1v) is 12.0. The van der Waals surface area contributed by atoms with Crippen LogP contribution in [0.4, 0.5) is 17.3 Å². The lowest BCUT2D eigenvalue weighted by atomic mass is 10.0. The van der Waals surface area contributed by atoms with E-state index in [1.54, 1.807) is 32.4 Å². The number of nitriles is 1. The van der Waals surface area contributed by atoms with Crippen LogP contribution in [0, 0.1) is 11.3 Å². The first-order chi connectivity index (χ1) is 18.0. The monoisotopic (exact) mass is 538 g/mol. The van der Waals surface area contributed by atoms with Gasteiger partial charge in [0, 0.05) is 29.6 Å². The Kier molecular flexibility index (Phi) is 9.17. The van der Waals surface area contributed by atoms with Crippen molar-refractivity contribution in [2.24, 2.45) is 0 Å². The Balaban J connectivity index is 0.000000436. The van der Waals surface area contributed by atoms with E-state index in [-0.39, 0.29) is 12.8 Å². The zero-order valence-corrected chi connectivity index (χ0v) is 21.6. The number of carboxylic acids is 2. The predicted octanol–water partition coefficient (Wildman–Crippen LogP) is 3.87. The Morgan fingerprint density at radius 3 is 2.39 bits per heavy atom. The average molecular weight is 539 g/mol. The maximum Gasteiger partial charge on any atom is 0.303 e. The minimum absolute atomic E-state index is 0.296. The van der Waals surface area contributed by atoms with Crippen molar-refractivity contribution in [1.82, 2.24) is 15.0 Å². The van der Waals surface area contributed by atoms with Crippen LogP contribution < -0.4 is 10.2 Å². The van der Waals surface area contributed by atoms with Gasteiger partial charge in [-0.05, 0) is 44.5 Å². The fourth-order valence-electron chi connectivity index (χ4n) is 3.64. The highest BCUT2D eigenvalue weighted by Crippen LogP contribution is 2.30. The number of carbonyl (C=O) groups is 2. The van der Waals surface area contributed by atoms with E-state index >= 15 is 0 Å². The number of fused-ring (bicyclic) bond motifs is 1. The van der Waals surface area contributed by atoms with Gasteiger partial charge in [-0.15, -0.1) is 0 Å². The van der Waals surface area contributed by atoms with Crippen molar-refractivity contribution in [3.05, 3.63) is 70.3 Å². The summed E-state index contributed by atoms with van der Waals surface area (Å²) in [6.45, 7) is 4.86. The van der Waals surface area contributed by atoms with E-state index < -0.39 is 17.5 Å². The van der Waals surface area contributed by atoms with Crippen LogP contribution in [0.5, 0.6) is 0 Å². The van der Waals surface area contributed by atoms with Crippen LogP contribution >= 0.6 is 11.6 Å². The summed E-state index contributed by atoms with van der Waals surface area (Å²) in [5.74, 6) is -0.758. The molecule has 0 amide bonds. The Bertz CT molecular complexity index is 1340. The minimum atomic E-state index is -1.08. The van der Waals surface area contributed by atoms with Crippen LogP contribution in [-0.2, 0) is 28.2 Å². The van der Waals surface area contributed by atoms with Crippen molar-refractivity contribution >= 4 is 40.9 Å². The lowest BCUT2D eigenvalue weighted by Gasteiger charge is -2.30. The van der Waals surface area contributed by atoms with Gasteiger partial charge in [0.15, 0.2) is 0 Å². The second kappa shape index (κ2) is 12.3. The second-order valence-corrected chi connectivity index (χ2v) is 9.41. The number of nitrogens with zero attached hydrogens (tertiary/aromatic N) is 5. The average Bonchev–Trinajstić information content (AvgIpc) is 2.87. The third-order valence-electron chi connectivity index (χ3n) is 5.71. The van der Waals surface area contributed by atoms with Gasteiger partial charge < -0.3 is 25.5 Å². The van der Waals surface area contributed by atoms with Gasteiger partial charge >= 0.3 is 11.9 Å². The number of anilines is 3. The van der Waals surface area contributed by atoms with E-state index in [0.29, 0.717) is 22.9 Å². The lowest BCUT2D eigenvalue weighted by molar-refractivity contribution is -0.143. The van der Waals surface area contributed by atoms with Gasteiger partial charge in [0.25, 0.3) is 0 Å². The van der Waals surface area contributed by atoms with Crippen LogP contribution in [0.2, 0.25) is 5.02 Å². The molecular formula is C26H27ClN6O5. The smallest absolute Gasteiger partial charge is 0.303 e. The molecule has 0 unspecified atom stereocenters. The number of aromatic nitrogens is 3. The number of benzene rings is 1. The first-order valence-electron chi connectivity index (χ1n) is 11.6. The normalized spacial score (nSPS) is 12.4. The molecule has 1 aliphatic heterocycles. The molecule has 1 aromatic carbocycles. The van der Waals surface area contributed by atoms with Crippen LogP contribution in [0.15, 0.2) is 42.9 Å². The van der Waals surface area contributed by atoms with Gasteiger partial charge in [0.05, 0.1) is 41.3 Å². The van der Waals surface area contributed by atoms with Gasteiger partial charge in [0.1, 0.15) is 24.0 Å². The van der Waals surface area contributed by atoms with Crippen LogP contribution in [0.25, 0.3) is 0 Å². The van der Waals surface area contributed by atoms with Crippen molar-refractivity contribution in [1.29, 1.82) is 5.26 Å². The SMILES string of the molecule is CC(C)(O)c1ccc(Nc2ncnc3c2CCN(c2ccc(C#N)c(Cl)c2)C3)nc1.O=C(O)CCC(=O)O. The molecule has 0 saturated carbocycles. The Labute approximate surface area is 224 Å². The highest BCUT2D eigenvalue weighted by atomic mass is 35.5. The summed E-state index contributed by atoms with van der Waals surface area (Å²) >= 11 is 6.20. The third kappa shape index (κ3) is 7.61. The lowest BCUT2D eigenvalue weighted by Crippen LogP contribution is -2.31. The van der Waals surface area contributed by atoms with E-state index in [1.807, 2.05) is 24.3 Å². The number of nitrogens with one attached hydrogen (secondary N) is 1. The number of hydrogen-bond acceptors (Lipinski definition) is 9. The molecule has 2 aromatic heterocycles. The minimum Gasteiger partial charge on any atom is -0.481 e. The van der Waals surface area contributed by atoms with Crippen molar-refractivity contribution in [3.8, 4) is 6.07 Å². The van der Waals surface area contributed by atoms with Crippen LogP contribution in [-0.4, -0.2) is 48.8 Å². The highest BCUT2D eigenvalue weighted by Gasteiger charge is 2.22. The quantitative estimate of drug-likeness (QED) is 0.344. The molecule has 38 heavy (non-hydrogen) atoms. The maximum absolute atomic E-state index is 10.1. The zero-order chi connectivity index (χ0) is 27.9. The largest absolute Gasteiger partial charge is 0.481 e. The molecule has 4 N–H and O–H groups in total. The number of hydrogen-bond donors (Lipinski definition) is 4. The number of aliphatic carboxylic acids is 2. The predicted molar refractivity (Wildman–Crippen MR) is 140 cm³/mol. The zero-order valence-electron chi connectivity index (χ0n) is 20.8. The summed E-state index contributed by atoms with van der Waals surface area (Å²) in [6.07, 6.45) is 3.37. The summed E-state index contributed by atoms with van der Waals surface area (Å²) in [5, 5.41) is 38.7. The van der Waals surface area contributed by atoms with Gasteiger partial charge in [-0.1, -0.05) is 17.7 Å². The van der Waals surface area contributed by atoms with Crippen LogP contribution in [0.1, 0.15) is 49.1 Å². The van der Waals surface area contributed by atoms with Gasteiger partial charge in [-0.2, -0.15) is 5.26 Å². The molecule has 0 bridgehead atoms. The molecule has 1 aliphatic rings. The summed E-state index contributed by atoms with van der Waals surface area (Å²) in [4.78, 5) is 34.7. The second-order valence-electron chi connectivity index (χ2n) is 9.00.